The van der Waals surface area contributed by atoms with Crippen molar-refractivity contribution in [1.82, 2.24) is 4.98 Å². The molecule has 4 aromatic carbocycles. The van der Waals surface area contributed by atoms with E-state index in [0.717, 1.165) is 0 Å². The van der Waals surface area contributed by atoms with Gasteiger partial charge >= 0.3 is 164 Å². The van der Waals surface area contributed by atoms with Crippen molar-refractivity contribution in [3.63, 3.8) is 0 Å². The Morgan fingerprint density at radius 2 is 1.15 bits per heavy atom. The predicted octanol–water partition coefficient (Wildman–Crippen LogP) is 4.76. The van der Waals surface area contributed by atoms with Gasteiger partial charge in [-0.1, -0.05) is 0 Å². The maximum atomic E-state index is 3.67. The van der Waals surface area contributed by atoms with E-state index in [0.29, 0.717) is 15.0 Å². The minimum atomic E-state index is 0.331. The Balaban J connectivity index is 1.70. The van der Waals surface area contributed by atoms with Gasteiger partial charge in [0.2, 0.25) is 0 Å². The minimum absolute atomic E-state index is 0.331. The first-order valence-corrected chi connectivity index (χ1v) is 10.8. The number of H-pyrrole nitrogens is 1. The number of aromatic amines is 1. The van der Waals surface area contributed by atoms with E-state index in [1.807, 2.05) is 0 Å². The van der Waals surface area contributed by atoms with Crippen molar-refractivity contribution in [2.75, 3.05) is 4.90 Å². The molecule has 0 amide bonds. The van der Waals surface area contributed by atoms with Gasteiger partial charge in [0.1, 0.15) is 0 Å². The molecule has 128 valence electrons. The second kappa shape index (κ2) is 5.75. The van der Waals surface area contributed by atoms with Gasteiger partial charge in [0, 0.05) is 0 Å². The summed E-state index contributed by atoms with van der Waals surface area (Å²) in [6, 6.07) is 32.8. The topological polar surface area (TPSA) is 19.0 Å². The van der Waals surface area contributed by atoms with Gasteiger partial charge in [-0.3, -0.25) is 0 Å². The number of rotatable bonds is 1. The zero-order valence-electron chi connectivity index (χ0n) is 14.5. The van der Waals surface area contributed by atoms with Crippen molar-refractivity contribution >= 4 is 62.7 Å². The first kappa shape index (κ1) is 15.1. The summed E-state index contributed by atoms with van der Waals surface area (Å²) in [5.41, 5.74) is 6.17. The second-order valence-corrected chi connectivity index (χ2v) is 9.02. The van der Waals surface area contributed by atoms with Crippen LogP contribution in [0.25, 0.3) is 21.8 Å². The van der Waals surface area contributed by atoms with E-state index >= 15 is 0 Å². The summed E-state index contributed by atoms with van der Waals surface area (Å²) in [6.07, 6.45) is 0. The second-order valence-electron chi connectivity index (χ2n) is 6.74. The monoisotopic (exact) mass is 412 g/mol. The Bertz CT molecular complexity index is 1270. The van der Waals surface area contributed by atoms with E-state index in [1.54, 1.807) is 0 Å². The summed E-state index contributed by atoms with van der Waals surface area (Å²) in [4.78, 5) is 6.09. The van der Waals surface area contributed by atoms with Crippen LogP contribution in [0.3, 0.4) is 0 Å². The molecule has 0 aliphatic carbocycles. The van der Waals surface area contributed by atoms with E-state index in [4.69, 9.17) is 0 Å². The molecular formula is C24H16N2Se. The van der Waals surface area contributed by atoms with E-state index in [2.05, 4.69) is 101 Å². The predicted molar refractivity (Wildman–Crippen MR) is 116 cm³/mol. The molecule has 0 bridgehead atoms. The van der Waals surface area contributed by atoms with E-state index in [1.165, 1.54) is 47.8 Å². The van der Waals surface area contributed by atoms with E-state index in [9.17, 15) is 0 Å². The van der Waals surface area contributed by atoms with Crippen molar-refractivity contribution in [3.05, 3.63) is 91.0 Å². The van der Waals surface area contributed by atoms with Crippen molar-refractivity contribution in [3.8, 4) is 0 Å². The average Bonchev–Trinajstić information content (AvgIpc) is 3.11. The number of anilines is 3. The molecule has 5 aromatic rings. The molecule has 0 saturated carbocycles. The molecule has 0 fully saturated rings. The molecule has 6 rings (SSSR count). The standard InChI is InChI=1S/C24H16N2Se/c1-2-10-18-16(8-1)17-9-7-13-21(24(17)25-18)26-19-11-3-5-14-22(19)27-23-15-6-4-12-20(23)26/h1-15,25H. The molecule has 1 aliphatic heterocycles. The Morgan fingerprint density at radius 1 is 0.556 bits per heavy atom. The van der Waals surface area contributed by atoms with Crippen LogP contribution in [0.1, 0.15) is 0 Å². The number of aromatic nitrogens is 1. The number of nitrogens with zero attached hydrogens (tertiary/aromatic N) is 1. The summed E-state index contributed by atoms with van der Waals surface area (Å²) >= 11 is 0.331. The third kappa shape index (κ3) is 2.19. The van der Waals surface area contributed by atoms with Crippen LogP contribution in [-0.4, -0.2) is 19.9 Å². The molecule has 0 atom stereocenters. The summed E-state index contributed by atoms with van der Waals surface area (Å²) in [7, 11) is 0. The molecule has 2 nitrogen and oxygen atoms in total. The van der Waals surface area contributed by atoms with Crippen LogP contribution in [0.15, 0.2) is 91.0 Å². The third-order valence-electron chi connectivity index (χ3n) is 5.19. The van der Waals surface area contributed by atoms with Crippen molar-refractivity contribution in [1.29, 1.82) is 0 Å². The number of nitrogens with one attached hydrogen (secondary N) is 1. The first-order chi connectivity index (χ1) is 13.4. The molecule has 1 aromatic heterocycles. The van der Waals surface area contributed by atoms with Gasteiger partial charge in [-0.05, 0) is 0 Å². The van der Waals surface area contributed by atoms with Gasteiger partial charge in [-0.15, -0.1) is 0 Å². The average molecular weight is 411 g/mol. The number of hydrogen-bond acceptors (Lipinski definition) is 1. The quantitative estimate of drug-likeness (QED) is 0.387. The van der Waals surface area contributed by atoms with Crippen LogP contribution in [0.2, 0.25) is 0 Å². The van der Waals surface area contributed by atoms with E-state index < -0.39 is 0 Å². The molecule has 0 radical (unpaired) electrons. The zero-order chi connectivity index (χ0) is 17.8. The molecule has 1 aliphatic rings. The Kier molecular flexibility index (Phi) is 3.21. The number of benzene rings is 4. The summed E-state index contributed by atoms with van der Waals surface area (Å²) in [6.45, 7) is 0. The number of para-hydroxylation sites is 4. The molecular weight excluding hydrogens is 395 g/mol. The molecule has 2 heterocycles. The summed E-state index contributed by atoms with van der Waals surface area (Å²) < 4.78 is 2.86. The van der Waals surface area contributed by atoms with Crippen LogP contribution < -0.4 is 13.8 Å². The normalized spacial score (nSPS) is 13.0. The molecule has 27 heavy (non-hydrogen) atoms. The van der Waals surface area contributed by atoms with Crippen LogP contribution in [-0.2, 0) is 0 Å². The summed E-state index contributed by atoms with van der Waals surface area (Å²) in [5, 5.41) is 2.55. The summed E-state index contributed by atoms with van der Waals surface area (Å²) in [5.74, 6) is 0. The molecule has 0 spiro atoms. The molecule has 1 N–H and O–H groups in total. The van der Waals surface area contributed by atoms with Gasteiger partial charge in [0.15, 0.2) is 0 Å². The van der Waals surface area contributed by atoms with Gasteiger partial charge in [-0.2, -0.15) is 0 Å². The fourth-order valence-corrected chi connectivity index (χ4v) is 6.23. The first-order valence-electron chi connectivity index (χ1n) is 9.06. The fourth-order valence-electron chi connectivity index (χ4n) is 4.01. The van der Waals surface area contributed by atoms with Gasteiger partial charge < -0.3 is 0 Å². The van der Waals surface area contributed by atoms with Crippen LogP contribution in [0.5, 0.6) is 0 Å². The maximum absolute atomic E-state index is 3.67. The van der Waals surface area contributed by atoms with Crippen LogP contribution in [0.4, 0.5) is 17.1 Å². The zero-order valence-corrected chi connectivity index (χ0v) is 16.2. The molecule has 3 heteroatoms. The van der Waals surface area contributed by atoms with Crippen molar-refractivity contribution < 1.29 is 0 Å². The van der Waals surface area contributed by atoms with Crippen molar-refractivity contribution in [2.24, 2.45) is 0 Å². The molecule has 0 unspecified atom stereocenters. The Hall–Kier alpha value is -3.00. The number of hydrogen-bond donors (Lipinski definition) is 1. The number of fused-ring (bicyclic) bond motifs is 5. The Labute approximate surface area is 163 Å². The van der Waals surface area contributed by atoms with Crippen LogP contribution >= 0.6 is 0 Å². The molecule has 0 saturated heterocycles. The van der Waals surface area contributed by atoms with Gasteiger partial charge in [-0.25, -0.2) is 0 Å². The van der Waals surface area contributed by atoms with E-state index in [-0.39, 0.29) is 0 Å². The van der Waals surface area contributed by atoms with Gasteiger partial charge in [0.05, 0.1) is 0 Å². The van der Waals surface area contributed by atoms with Crippen LogP contribution in [0, 0.1) is 0 Å². The van der Waals surface area contributed by atoms with Crippen molar-refractivity contribution in [2.45, 2.75) is 0 Å². The third-order valence-corrected chi connectivity index (χ3v) is 7.56. The Morgan fingerprint density at radius 3 is 1.93 bits per heavy atom. The fraction of sp³-hybridized carbons (Fsp3) is 0. The van der Waals surface area contributed by atoms with Gasteiger partial charge in [0.25, 0.3) is 0 Å². The SMILES string of the molecule is c1ccc2c(c1)[Se]c1ccccc1N2c1cccc2c1[nH]c1ccccc12.